The van der Waals surface area contributed by atoms with Gasteiger partial charge in [0.2, 0.25) is 0 Å². The minimum Gasteiger partial charge on any atom is -0.493 e. The average molecular weight is 287 g/mol. The fraction of sp³-hybridized carbons (Fsp3) is 0.294. The van der Waals surface area contributed by atoms with Crippen molar-refractivity contribution < 1.29 is 14.6 Å². The summed E-state index contributed by atoms with van der Waals surface area (Å²) in [7, 11) is 3.20. The molecule has 1 unspecified atom stereocenters. The molecule has 2 aromatic carbocycles. The zero-order chi connectivity index (χ0) is 15.3. The molecule has 2 rings (SSSR count). The number of hydrogen-bond acceptors (Lipinski definition) is 4. The summed E-state index contributed by atoms with van der Waals surface area (Å²) in [5.74, 6) is 1.31. The smallest absolute Gasteiger partial charge is 0.161 e. The number of para-hydroxylation sites is 1. The minimum absolute atomic E-state index is 0.0443. The van der Waals surface area contributed by atoms with Gasteiger partial charge in [0, 0.05) is 5.69 Å². The Morgan fingerprint density at radius 2 is 1.67 bits per heavy atom. The third-order valence-corrected chi connectivity index (χ3v) is 3.53. The molecular formula is C17H21NO3. The van der Waals surface area contributed by atoms with E-state index in [1.165, 1.54) is 0 Å². The summed E-state index contributed by atoms with van der Waals surface area (Å²) in [5.41, 5.74) is 1.26. The number of nitrogens with one attached hydrogen (secondary N) is 1. The van der Waals surface area contributed by atoms with Crippen LogP contribution in [0.3, 0.4) is 0 Å². The highest BCUT2D eigenvalue weighted by molar-refractivity contribution is 5.51. The highest BCUT2D eigenvalue weighted by atomic mass is 16.5. The van der Waals surface area contributed by atoms with Crippen molar-refractivity contribution in [2.45, 2.75) is 12.5 Å². The molecule has 0 aromatic heterocycles. The van der Waals surface area contributed by atoms with Crippen molar-refractivity contribution in [3.05, 3.63) is 54.1 Å². The van der Waals surface area contributed by atoms with Gasteiger partial charge in [0.15, 0.2) is 11.5 Å². The number of methoxy groups -OCH3 is 2. The normalized spacial score (nSPS) is 13.3. The van der Waals surface area contributed by atoms with Crippen LogP contribution in [0.5, 0.6) is 11.5 Å². The first-order chi connectivity index (χ1) is 10.1. The molecule has 0 spiro atoms. The molecule has 0 radical (unpaired) electrons. The quantitative estimate of drug-likeness (QED) is 0.857. The van der Waals surface area contributed by atoms with E-state index in [0.29, 0.717) is 11.5 Å². The Labute approximate surface area is 125 Å². The van der Waals surface area contributed by atoms with E-state index < -0.39 is 5.54 Å². The van der Waals surface area contributed by atoms with Crippen molar-refractivity contribution in [2.24, 2.45) is 0 Å². The molecule has 112 valence electrons. The van der Waals surface area contributed by atoms with Gasteiger partial charge in [-0.15, -0.1) is 0 Å². The standard InChI is InChI=1S/C17H21NO3/c1-17(12-19,18-14-7-5-4-6-8-14)13-9-10-15(20-2)16(11-13)21-3/h4-11,18-19H,12H2,1-3H3. The summed E-state index contributed by atoms with van der Waals surface area (Å²) in [4.78, 5) is 0. The Morgan fingerprint density at radius 1 is 1.00 bits per heavy atom. The first kappa shape index (κ1) is 15.2. The number of aliphatic hydroxyl groups excluding tert-OH is 1. The van der Waals surface area contributed by atoms with Gasteiger partial charge < -0.3 is 19.9 Å². The first-order valence-corrected chi connectivity index (χ1v) is 6.79. The molecule has 0 heterocycles. The zero-order valence-corrected chi connectivity index (χ0v) is 12.6. The molecule has 21 heavy (non-hydrogen) atoms. The summed E-state index contributed by atoms with van der Waals surface area (Å²) < 4.78 is 10.6. The van der Waals surface area contributed by atoms with Crippen LogP contribution in [0, 0.1) is 0 Å². The summed E-state index contributed by atoms with van der Waals surface area (Å²) in [6, 6.07) is 15.4. The first-order valence-electron chi connectivity index (χ1n) is 6.79. The molecule has 0 fully saturated rings. The van der Waals surface area contributed by atoms with Crippen LogP contribution < -0.4 is 14.8 Å². The Bertz CT molecular complexity index is 586. The predicted molar refractivity (Wildman–Crippen MR) is 84.0 cm³/mol. The van der Waals surface area contributed by atoms with E-state index in [1.54, 1.807) is 14.2 Å². The van der Waals surface area contributed by atoms with Crippen LogP contribution in [0.15, 0.2) is 48.5 Å². The Morgan fingerprint density at radius 3 is 2.24 bits per heavy atom. The predicted octanol–water partition coefficient (Wildman–Crippen LogP) is 3.02. The summed E-state index contributed by atoms with van der Waals surface area (Å²) in [6.07, 6.45) is 0. The number of aliphatic hydroxyl groups is 1. The second-order valence-corrected chi connectivity index (χ2v) is 5.05. The van der Waals surface area contributed by atoms with E-state index in [1.807, 2.05) is 55.5 Å². The molecule has 0 bridgehead atoms. The average Bonchev–Trinajstić information content (AvgIpc) is 2.54. The molecule has 0 saturated heterocycles. The maximum atomic E-state index is 9.86. The monoisotopic (exact) mass is 287 g/mol. The van der Waals surface area contributed by atoms with Crippen LogP contribution >= 0.6 is 0 Å². The molecular weight excluding hydrogens is 266 g/mol. The molecule has 1 atom stereocenters. The fourth-order valence-electron chi connectivity index (χ4n) is 2.22. The topological polar surface area (TPSA) is 50.7 Å². The van der Waals surface area contributed by atoms with E-state index in [0.717, 1.165) is 11.3 Å². The molecule has 2 N–H and O–H groups in total. The zero-order valence-electron chi connectivity index (χ0n) is 12.6. The van der Waals surface area contributed by atoms with Crippen molar-refractivity contribution in [3.63, 3.8) is 0 Å². The lowest BCUT2D eigenvalue weighted by atomic mass is 9.92. The van der Waals surface area contributed by atoms with Crippen molar-refractivity contribution in [1.82, 2.24) is 0 Å². The third kappa shape index (κ3) is 3.28. The van der Waals surface area contributed by atoms with Crippen molar-refractivity contribution in [3.8, 4) is 11.5 Å². The molecule has 0 aliphatic rings. The van der Waals surface area contributed by atoms with Gasteiger partial charge in [0.25, 0.3) is 0 Å². The minimum atomic E-state index is -0.610. The van der Waals surface area contributed by atoms with Gasteiger partial charge in [-0.1, -0.05) is 24.3 Å². The lowest BCUT2D eigenvalue weighted by Crippen LogP contribution is -2.35. The van der Waals surface area contributed by atoms with Crippen LogP contribution in [-0.4, -0.2) is 25.9 Å². The van der Waals surface area contributed by atoms with Gasteiger partial charge in [0.05, 0.1) is 26.4 Å². The highest BCUT2D eigenvalue weighted by Crippen LogP contribution is 2.33. The molecule has 0 aliphatic heterocycles. The Hall–Kier alpha value is -2.20. The third-order valence-electron chi connectivity index (χ3n) is 3.53. The molecule has 4 nitrogen and oxygen atoms in total. The highest BCUT2D eigenvalue weighted by Gasteiger charge is 2.26. The summed E-state index contributed by atoms with van der Waals surface area (Å²) in [6.45, 7) is 1.90. The fourth-order valence-corrected chi connectivity index (χ4v) is 2.22. The van der Waals surface area contributed by atoms with Gasteiger partial charge in [-0.3, -0.25) is 0 Å². The molecule has 2 aromatic rings. The number of anilines is 1. The van der Waals surface area contributed by atoms with Crippen molar-refractivity contribution in [1.29, 1.82) is 0 Å². The second kappa shape index (κ2) is 6.50. The number of hydrogen-bond donors (Lipinski definition) is 2. The Kier molecular flexibility index (Phi) is 4.70. The van der Waals surface area contributed by atoms with Gasteiger partial charge in [0.1, 0.15) is 0 Å². The largest absolute Gasteiger partial charge is 0.493 e. The van der Waals surface area contributed by atoms with Gasteiger partial charge in [-0.25, -0.2) is 0 Å². The number of rotatable bonds is 6. The molecule has 0 aliphatic carbocycles. The van der Waals surface area contributed by atoms with Crippen LogP contribution in [-0.2, 0) is 5.54 Å². The van der Waals surface area contributed by atoms with Crippen LogP contribution in [0.4, 0.5) is 5.69 Å². The Balaban J connectivity index is 2.35. The van der Waals surface area contributed by atoms with E-state index in [9.17, 15) is 5.11 Å². The molecule has 0 saturated carbocycles. The number of ether oxygens (including phenoxy) is 2. The molecule has 4 heteroatoms. The lowest BCUT2D eigenvalue weighted by molar-refractivity contribution is 0.223. The van der Waals surface area contributed by atoms with E-state index in [-0.39, 0.29) is 6.61 Å². The van der Waals surface area contributed by atoms with Gasteiger partial charge in [-0.05, 0) is 36.8 Å². The number of benzene rings is 2. The van der Waals surface area contributed by atoms with Crippen molar-refractivity contribution in [2.75, 3.05) is 26.1 Å². The second-order valence-electron chi connectivity index (χ2n) is 5.05. The summed E-state index contributed by atoms with van der Waals surface area (Å²) >= 11 is 0. The van der Waals surface area contributed by atoms with E-state index >= 15 is 0 Å². The van der Waals surface area contributed by atoms with Crippen LogP contribution in [0.2, 0.25) is 0 Å². The van der Waals surface area contributed by atoms with Crippen LogP contribution in [0.1, 0.15) is 12.5 Å². The SMILES string of the molecule is COc1ccc(C(C)(CO)Nc2ccccc2)cc1OC. The van der Waals surface area contributed by atoms with E-state index in [2.05, 4.69) is 5.32 Å². The lowest BCUT2D eigenvalue weighted by Gasteiger charge is -2.31. The maximum Gasteiger partial charge on any atom is 0.161 e. The van der Waals surface area contributed by atoms with Gasteiger partial charge in [-0.2, -0.15) is 0 Å². The summed E-state index contributed by atoms with van der Waals surface area (Å²) in [5, 5.41) is 13.2. The molecule has 0 amide bonds. The van der Waals surface area contributed by atoms with Gasteiger partial charge >= 0.3 is 0 Å². The maximum absolute atomic E-state index is 9.86. The van der Waals surface area contributed by atoms with Crippen molar-refractivity contribution >= 4 is 5.69 Å². The van der Waals surface area contributed by atoms with E-state index in [4.69, 9.17) is 9.47 Å². The van der Waals surface area contributed by atoms with Crippen LogP contribution in [0.25, 0.3) is 0 Å².